The Morgan fingerprint density at radius 2 is 0.941 bits per heavy atom. The molecule has 4 nitrogen and oxygen atoms in total. The molecule has 4 aromatic rings. The van der Waals surface area contributed by atoms with Crippen LogP contribution in [0.2, 0.25) is 0 Å². The van der Waals surface area contributed by atoms with E-state index < -0.39 is 0 Å². The molecule has 2 aliphatic rings. The molecule has 2 aliphatic heterocycles. The average molecular weight is 517 g/mol. The number of carbonyl (C=O) groups excluding carboxylic acids is 2. The van der Waals surface area contributed by atoms with Gasteiger partial charge in [0, 0.05) is 29.4 Å². The molecule has 6 rings (SSSR count). The number of fused-ring (bicyclic) bond motifs is 4. The summed E-state index contributed by atoms with van der Waals surface area (Å²) in [5.74, 6) is 0. The number of amides is 2. The zero-order valence-electron chi connectivity index (χ0n) is 17.6. The molecular formula is C26H16N2O2S4. The largest absolute Gasteiger partial charge is 0.281 e. The molecule has 2 heterocycles. The van der Waals surface area contributed by atoms with Crippen LogP contribution in [-0.2, 0) is 9.59 Å². The minimum Gasteiger partial charge on any atom is -0.281 e. The lowest BCUT2D eigenvalue weighted by molar-refractivity contribution is -0.107. The number of rotatable bonds is 5. The van der Waals surface area contributed by atoms with Gasteiger partial charge < -0.3 is 0 Å². The molecule has 0 bridgehead atoms. The van der Waals surface area contributed by atoms with Gasteiger partial charge in [-0.25, -0.2) is 0 Å². The van der Waals surface area contributed by atoms with Crippen molar-refractivity contribution in [1.29, 1.82) is 0 Å². The summed E-state index contributed by atoms with van der Waals surface area (Å²) in [6.07, 6.45) is 1.76. The van der Waals surface area contributed by atoms with Gasteiger partial charge in [-0.1, -0.05) is 69.4 Å². The zero-order chi connectivity index (χ0) is 23.1. The van der Waals surface area contributed by atoms with Gasteiger partial charge in [-0.3, -0.25) is 19.4 Å². The highest BCUT2D eigenvalue weighted by Gasteiger charge is 2.25. The van der Waals surface area contributed by atoms with Crippen molar-refractivity contribution in [2.24, 2.45) is 0 Å². The lowest BCUT2D eigenvalue weighted by Crippen LogP contribution is -2.18. The minimum absolute atomic E-state index is 0.881. The summed E-state index contributed by atoms with van der Waals surface area (Å²) in [5, 5.41) is 0. The third kappa shape index (κ3) is 3.80. The molecule has 4 aromatic carbocycles. The van der Waals surface area contributed by atoms with Gasteiger partial charge >= 0.3 is 0 Å². The van der Waals surface area contributed by atoms with Gasteiger partial charge in [0.15, 0.2) is 0 Å². The van der Waals surface area contributed by atoms with Crippen LogP contribution >= 0.6 is 45.1 Å². The molecule has 34 heavy (non-hydrogen) atoms. The van der Waals surface area contributed by atoms with Crippen LogP contribution in [0.3, 0.4) is 0 Å². The molecular weight excluding hydrogens is 501 g/mol. The SMILES string of the molecule is O=CN1c2ccccc2Sc2ccc(SSc3ccc4c(c3)N(C=O)c3ccccc3S4)cc21. The highest BCUT2D eigenvalue weighted by molar-refractivity contribution is 8.76. The molecule has 166 valence electrons. The van der Waals surface area contributed by atoms with E-state index in [0.29, 0.717) is 0 Å². The van der Waals surface area contributed by atoms with E-state index in [0.717, 1.165) is 64.9 Å². The van der Waals surface area contributed by atoms with Crippen molar-refractivity contribution in [3.8, 4) is 0 Å². The Labute approximate surface area is 213 Å². The van der Waals surface area contributed by atoms with Crippen molar-refractivity contribution >= 4 is 80.7 Å². The van der Waals surface area contributed by atoms with Gasteiger partial charge in [0.1, 0.15) is 0 Å². The average Bonchev–Trinajstić information content (AvgIpc) is 2.89. The van der Waals surface area contributed by atoms with Crippen molar-refractivity contribution in [2.75, 3.05) is 9.80 Å². The number of hydrogen-bond acceptors (Lipinski definition) is 6. The number of benzene rings is 4. The van der Waals surface area contributed by atoms with Crippen molar-refractivity contribution in [2.45, 2.75) is 29.4 Å². The molecule has 0 N–H and O–H groups in total. The van der Waals surface area contributed by atoms with Crippen LogP contribution in [0.1, 0.15) is 0 Å². The van der Waals surface area contributed by atoms with Crippen LogP contribution in [0.5, 0.6) is 0 Å². The molecule has 0 fully saturated rings. The summed E-state index contributed by atoms with van der Waals surface area (Å²) in [6, 6.07) is 28.3. The quantitative estimate of drug-likeness (QED) is 0.198. The van der Waals surface area contributed by atoms with Crippen LogP contribution in [0, 0.1) is 0 Å². The van der Waals surface area contributed by atoms with Gasteiger partial charge in [0.25, 0.3) is 0 Å². The summed E-state index contributed by atoms with van der Waals surface area (Å²) in [6.45, 7) is 0. The first-order valence-electron chi connectivity index (χ1n) is 10.4. The molecule has 0 spiro atoms. The topological polar surface area (TPSA) is 40.6 Å². The van der Waals surface area contributed by atoms with E-state index in [-0.39, 0.29) is 0 Å². The summed E-state index contributed by atoms with van der Waals surface area (Å²) in [7, 11) is 3.27. The van der Waals surface area contributed by atoms with E-state index in [9.17, 15) is 9.59 Å². The van der Waals surface area contributed by atoms with Gasteiger partial charge in [0.2, 0.25) is 12.8 Å². The normalized spacial score (nSPS) is 13.4. The van der Waals surface area contributed by atoms with E-state index in [1.165, 1.54) is 0 Å². The van der Waals surface area contributed by atoms with Crippen molar-refractivity contribution in [3.63, 3.8) is 0 Å². The molecule has 0 aliphatic carbocycles. The summed E-state index contributed by atoms with van der Waals surface area (Å²) < 4.78 is 0. The third-order valence-corrected chi connectivity index (χ3v) is 10.2. The number of nitrogens with zero attached hydrogens (tertiary/aromatic N) is 2. The zero-order valence-corrected chi connectivity index (χ0v) is 20.8. The second kappa shape index (κ2) is 9.11. The molecule has 0 saturated heterocycles. The van der Waals surface area contributed by atoms with Crippen molar-refractivity contribution < 1.29 is 9.59 Å². The maximum absolute atomic E-state index is 11.9. The molecule has 0 saturated carbocycles. The van der Waals surface area contributed by atoms with Crippen LogP contribution in [0.25, 0.3) is 0 Å². The molecule has 0 atom stereocenters. The van der Waals surface area contributed by atoms with Crippen LogP contribution < -0.4 is 9.80 Å². The highest BCUT2D eigenvalue weighted by Crippen LogP contribution is 2.51. The second-order valence-electron chi connectivity index (χ2n) is 7.52. The van der Waals surface area contributed by atoms with Crippen LogP contribution in [0.15, 0.2) is 114 Å². The monoisotopic (exact) mass is 516 g/mol. The van der Waals surface area contributed by atoms with E-state index in [1.807, 2.05) is 48.5 Å². The Morgan fingerprint density at radius 1 is 0.529 bits per heavy atom. The molecule has 0 aromatic heterocycles. The first-order chi connectivity index (χ1) is 16.7. The van der Waals surface area contributed by atoms with E-state index in [1.54, 1.807) is 54.9 Å². The Bertz CT molecular complexity index is 1330. The van der Waals surface area contributed by atoms with E-state index in [2.05, 4.69) is 36.4 Å². The predicted octanol–water partition coefficient (Wildman–Crippen LogP) is 8.00. The maximum atomic E-state index is 11.9. The second-order valence-corrected chi connectivity index (χ2v) is 12.0. The predicted molar refractivity (Wildman–Crippen MR) is 142 cm³/mol. The Morgan fingerprint density at radius 3 is 1.38 bits per heavy atom. The number of para-hydroxylation sites is 2. The standard InChI is InChI=1S/C26H16N2O2S4/c29-15-27-19-5-1-3-7-23(19)31-25-11-9-17(13-21(25)27)33-34-18-10-12-26-22(14-18)28(16-30)20-6-2-4-8-24(20)32-26/h1-16H. The maximum Gasteiger partial charge on any atom is 0.218 e. The van der Waals surface area contributed by atoms with Crippen LogP contribution in [-0.4, -0.2) is 12.8 Å². The third-order valence-electron chi connectivity index (χ3n) is 5.51. The van der Waals surface area contributed by atoms with Gasteiger partial charge in [-0.05, 0) is 60.7 Å². The smallest absolute Gasteiger partial charge is 0.218 e. The summed E-state index contributed by atoms with van der Waals surface area (Å²) >= 11 is 3.36. The first-order valence-corrected chi connectivity index (χ1v) is 14.2. The fraction of sp³-hybridized carbons (Fsp3) is 0. The fourth-order valence-electron chi connectivity index (χ4n) is 3.95. The fourth-order valence-corrected chi connectivity index (χ4v) is 8.02. The Hall–Kier alpha value is -2.78. The number of hydrogen-bond donors (Lipinski definition) is 0. The van der Waals surface area contributed by atoms with Gasteiger partial charge in [-0.15, -0.1) is 0 Å². The molecule has 0 unspecified atom stereocenters. The molecule has 8 heteroatoms. The van der Waals surface area contributed by atoms with E-state index in [4.69, 9.17) is 0 Å². The molecule has 0 radical (unpaired) electrons. The van der Waals surface area contributed by atoms with Gasteiger partial charge in [0.05, 0.1) is 22.7 Å². The Balaban J connectivity index is 1.25. The lowest BCUT2D eigenvalue weighted by Gasteiger charge is -2.28. The Kier molecular flexibility index (Phi) is 5.82. The lowest BCUT2D eigenvalue weighted by atomic mass is 10.2. The number of anilines is 4. The minimum atomic E-state index is 0.881. The van der Waals surface area contributed by atoms with Crippen molar-refractivity contribution in [3.05, 3.63) is 84.9 Å². The van der Waals surface area contributed by atoms with E-state index >= 15 is 0 Å². The highest BCUT2D eigenvalue weighted by atomic mass is 33.1. The summed E-state index contributed by atoms with van der Waals surface area (Å²) in [4.78, 5) is 33.7. The van der Waals surface area contributed by atoms with Crippen molar-refractivity contribution in [1.82, 2.24) is 0 Å². The summed E-state index contributed by atoms with van der Waals surface area (Å²) in [5.41, 5.74) is 3.61. The molecule has 2 amide bonds. The van der Waals surface area contributed by atoms with Crippen LogP contribution in [0.4, 0.5) is 22.7 Å². The van der Waals surface area contributed by atoms with Gasteiger partial charge in [-0.2, -0.15) is 0 Å². The first kappa shape index (κ1) is 21.7. The number of carbonyl (C=O) groups is 2.